The number of para-hydroxylation sites is 1. The number of thioether (sulfide) groups is 1. The maximum absolute atomic E-state index is 10.8. The molecule has 0 spiro atoms. The van der Waals surface area contributed by atoms with Crippen LogP contribution in [0.15, 0.2) is 58.1 Å². The highest BCUT2D eigenvalue weighted by Gasteiger charge is 2.21. The van der Waals surface area contributed by atoms with Gasteiger partial charge in [-0.1, -0.05) is 35.2 Å². The zero-order valence-electron chi connectivity index (χ0n) is 14.9. The highest BCUT2D eigenvalue weighted by molar-refractivity contribution is 7.99. The third kappa shape index (κ3) is 3.13. The molecule has 0 radical (unpaired) electrons. The molecule has 3 heterocycles. The molecule has 29 heavy (non-hydrogen) atoms. The Balaban J connectivity index is 1.41. The number of rotatable bonds is 5. The molecule has 0 saturated heterocycles. The second-order valence-electron chi connectivity index (χ2n) is 6.18. The molecule has 0 aliphatic carbocycles. The number of thiazole rings is 1. The Hall–Kier alpha value is -3.31. The lowest BCUT2D eigenvalue weighted by atomic mass is 10.2. The number of aromatic nitrogens is 5. The van der Waals surface area contributed by atoms with Gasteiger partial charge in [0.1, 0.15) is 0 Å². The molecular formula is C18H12N6O3S2. The molecule has 2 aromatic carbocycles. The van der Waals surface area contributed by atoms with Crippen molar-refractivity contribution < 1.29 is 9.34 Å². The third-order valence-corrected chi connectivity index (χ3v) is 6.35. The highest BCUT2D eigenvalue weighted by Crippen LogP contribution is 2.37. The fraction of sp³-hybridized carbons (Fsp3) is 0.111. The Kier molecular flexibility index (Phi) is 4.25. The van der Waals surface area contributed by atoms with E-state index in [9.17, 15) is 10.1 Å². The van der Waals surface area contributed by atoms with E-state index in [1.807, 2.05) is 29.5 Å². The van der Waals surface area contributed by atoms with Gasteiger partial charge in [0.15, 0.2) is 5.16 Å². The topological polar surface area (TPSA) is 112 Å². The van der Waals surface area contributed by atoms with Crippen LogP contribution in [0.2, 0.25) is 0 Å². The summed E-state index contributed by atoms with van der Waals surface area (Å²) in [6.07, 6.45) is 0. The number of fused-ring (bicyclic) bond motifs is 3. The predicted molar refractivity (Wildman–Crippen MR) is 109 cm³/mol. The van der Waals surface area contributed by atoms with Gasteiger partial charge in [-0.05, 0) is 31.2 Å². The first-order chi connectivity index (χ1) is 14.1. The summed E-state index contributed by atoms with van der Waals surface area (Å²) in [6, 6.07) is 14.1. The van der Waals surface area contributed by atoms with Gasteiger partial charge in [-0.25, -0.2) is 0 Å². The minimum absolute atomic E-state index is 0.0104. The van der Waals surface area contributed by atoms with Crippen molar-refractivity contribution in [3.8, 4) is 11.5 Å². The molecule has 9 nitrogen and oxygen atoms in total. The molecule has 0 fully saturated rings. The number of hydrogen-bond acceptors (Lipinski definition) is 9. The Morgan fingerprint density at radius 1 is 1.10 bits per heavy atom. The molecule has 3 aromatic heterocycles. The summed E-state index contributed by atoms with van der Waals surface area (Å²) in [5, 5.41) is 28.2. The smallest absolute Gasteiger partial charge is 0.269 e. The van der Waals surface area contributed by atoms with Crippen LogP contribution in [-0.2, 0) is 0 Å². The molecule has 1 atom stereocenters. The highest BCUT2D eigenvalue weighted by atomic mass is 32.2. The Bertz CT molecular complexity index is 1340. The van der Waals surface area contributed by atoms with Gasteiger partial charge in [-0.3, -0.25) is 14.5 Å². The van der Waals surface area contributed by atoms with Crippen LogP contribution < -0.4 is 0 Å². The standard InChI is InChI=1S/C18H12N6O3S2/c1-10(15-19-20-16(27-15)11-6-8-12(9-7-11)24(25)26)28-17-21-22-18-23(17)13-4-2-3-5-14(13)29-18/h2-10H,1H3. The Morgan fingerprint density at radius 2 is 1.90 bits per heavy atom. The quantitative estimate of drug-likeness (QED) is 0.226. The van der Waals surface area contributed by atoms with E-state index in [2.05, 4.69) is 26.5 Å². The molecule has 1 unspecified atom stereocenters. The number of hydrogen-bond donors (Lipinski definition) is 0. The maximum Gasteiger partial charge on any atom is 0.269 e. The minimum atomic E-state index is -0.449. The first kappa shape index (κ1) is 17.8. The van der Waals surface area contributed by atoms with Gasteiger partial charge < -0.3 is 4.42 Å². The number of non-ortho nitro benzene ring substituents is 1. The van der Waals surface area contributed by atoms with Gasteiger partial charge in [0.2, 0.25) is 16.7 Å². The first-order valence-corrected chi connectivity index (χ1v) is 10.3. The van der Waals surface area contributed by atoms with Crippen LogP contribution >= 0.6 is 23.1 Å². The molecule has 0 N–H and O–H groups in total. The van der Waals surface area contributed by atoms with Crippen molar-refractivity contribution in [2.24, 2.45) is 0 Å². The largest absolute Gasteiger partial charge is 0.419 e. The number of nitro benzene ring substituents is 1. The monoisotopic (exact) mass is 424 g/mol. The summed E-state index contributed by atoms with van der Waals surface area (Å²) in [6.45, 7) is 1.95. The maximum atomic E-state index is 10.8. The van der Waals surface area contributed by atoms with Crippen molar-refractivity contribution in [3.05, 3.63) is 64.5 Å². The van der Waals surface area contributed by atoms with Crippen LogP contribution in [0.3, 0.4) is 0 Å². The molecule has 5 rings (SSSR count). The minimum Gasteiger partial charge on any atom is -0.419 e. The summed E-state index contributed by atoms with van der Waals surface area (Å²) in [4.78, 5) is 11.2. The molecule has 0 aliphatic rings. The van der Waals surface area contributed by atoms with Crippen LogP contribution in [0.1, 0.15) is 18.1 Å². The fourth-order valence-corrected chi connectivity index (χ4v) is 4.79. The number of benzene rings is 2. The lowest BCUT2D eigenvalue weighted by molar-refractivity contribution is -0.384. The number of nitrogens with zero attached hydrogens (tertiary/aromatic N) is 6. The van der Waals surface area contributed by atoms with Gasteiger partial charge in [0, 0.05) is 17.7 Å². The summed E-state index contributed by atoms with van der Waals surface area (Å²) in [7, 11) is 0. The Labute approximate surface area is 171 Å². The fourth-order valence-electron chi connectivity index (χ4n) is 2.88. The SMILES string of the molecule is CC(Sc1nnc2sc3ccccc3n12)c1nnc(-c2ccc([N+](=O)[O-])cc2)o1. The van der Waals surface area contributed by atoms with E-state index in [0.717, 1.165) is 20.3 Å². The van der Waals surface area contributed by atoms with Gasteiger partial charge >= 0.3 is 0 Å². The van der Waals surface area contributed by atoms with Crippen molar-refractivity contribution in [3.63, 3.8) is 0 Å². The molecule has 0 amide bonds. The second-order valence-corrected chi connectivity index (χ2v) is 8.50. The van der Waals surface area contributed by atoms with E-state index in [0.29, 0.717) is 17.3 Å². The van der Waals surface area contributed by atoms with Crippen LogP contribution in [0.5, 0.6) is 0 Å². The van der Waals surface area contributed by atoms with Gasteiger partial charge in [-0.2, -0.15) is 0 Å². The third-order valence-electron chi connectivity index (χ3n) is 4.31. The van der Waals surface area contributed by atoms with Crippen molar-refractivity contribution in [2.75, 3.05) is 0 Å². The molecule has 11 heteroatoms. The normalized spacial score (nSPS) is 12.6. The lowest BCUT2D eigenvalue weighted by Gasteiger charge is -2.04. The van der Waals surface area contributed by atoms with E-state index in [1.165, 1.54) is 23.9 Å². The molecule has 0 aliphatic heterocycles. The van der Waals surface area contributed by atoms with E-state index < -0.39 is 4.92 Å². The average Bonchev–Trinajstić information content (AvgIpc) is 3.44. The number of nitro groups is 1. The van der Waals surface area contributed by atoms with Gasteiger partial charge in [-0.15, -0.1) is 20.4 Å². The van der Waals surface area contributed by atoms with E-state index in [4.69, 9.17) is 4.42 Å². The molecule has 0 saturated carbocycles. The van der Waals surface area contributed by atoms with Crippen LogP contribution in [0, 0.1) is 10.1 Å². The summed E-state index contributed by atoms with van der Waals surface area (Å²) >= 11 is 3.06. The average molecular weight is 424 g/mol. The van der Waals surface area contributed by atoms with Crippen LogP contribution in [-0.4, -0.2) is 29.7 Å². The van der Waals surface area contributed by atoms with E-state index >= 15 is 0 Å². The van der Waals surface area contributed by atoms with Crippen molar-refractivity contribution >= 4 is 44.0 Å². The molecule has 0 bridgehead atoms. The molecular weight excluding hydrogens is 412 g/mol. The van der Waals surface area contributed by atoms with Gasteiger partial charge in [0.25, 0.3) is 5.69 Å². The summed E-state index contributed by atoms with van der Waals surface area (Å²) in [5.41, 5.74) is 1.70. The van der Waals surface area contributed by atoms with Gasteiger partial charge in [0.05, 0.1) is 20.4 Å². The van der Waals surface area contributed by atoms with E-state index in [1.54, 1.807) is 23.5 Å². The van der Waals surface area contributed by atoms with E-state index in [-0.39, 0.29) is 10.9 Å². The van der Waals surface area contributed by atoms with Crippen molar-refractivity contribution in [1.29, 1.82) is 0 Å². The van der Waals surface area contributed by atoms with Crippen LogP contribution in [0.25, 0.3) is 26.6 Å². The Morgan fingerprint density at radius 3 is 2.69 bits per heavy atom. The van der Waals surface area contributed by atoms with Crippen molar-refractivity contribution in [2.45, 2.75) is 17.3 Å². The van der Waals surface area contributed by atoms with Crippen molar-refractivity contribution in [1.82, 2.24) is 24.8 Å². The zero-order valence-corrected chi connectivity index (χ0v) is 16.6. The van der Waals surface area contributed by atoms with Crippen LogP contribution in [0.4, 0.5) is 5.69 Å². The molecule has 144 valence electrons. The zero-order chi connectivity index (χ0) is 20.0. The first-order valence-electron chi connectivity index (χ1n) is 8.58. The summed E-state index contributed by atoms with van der Waals surface area (Å²) in [5.74, 6) is 0.759. The predicted octanol–water partition coefficient (Wildman–Crippen LogP) is 4.76. The molecule has 5 aromatic rings. The lowest BCUT2D eigenvalue weighted by Crippen LogP contribution is -1.92. The second kappa shape index (κ2) is 6.94. The summed E-state index contributed by atoms with van der Waals surface area (Å²) < 4.78 is 8.96.